The minimum atomic E-state index is -0.956. The van der Waals surface area contributed by atoms with Gasteiger partial charge in [-0.3, -0.25) is 4.79 Å². The van der Waals surface area contributed by atoms with Gasteiger partial charge in [-0.05, 0) is 50.4 Å². The van der Waals surface area contributed by atoms with E-state index in [1.807, 2.05) is 41.3 Å². The molecule has 2 aliphatic rings. The number of benzene rings is 1. The van der Waals surface area contributed by atoms with Crippen molar-refractivity contribution in [2.45, 2.75) is 51.0 Å². The molecule has 2 fully saturated rings. The number of nitrogens with one attached hydrogen (secondary N) is 1. The smallest absolute Gasteiger partial charge is 0.348 e. The number of rotatable bonds is 5. The molecule has 1 aromatic carbocycles. The van der Waals surface area contributed by atoms with Gasteiger partial charge in [0, 0.05) is 16.8 Å². The highest BCUT2D eigenvalue weighted by Gasteiger charge is 2.35. The fourth-order valence-electron chi connectivity index (χ4n) is 4.56. The van der Waals surface area contributed by atoms with E-state index in [1.165, 1.54) is 17.8 Å². The van der Waals surface area contributed by atoms with Gasteiger partial charge in [0.2, 0.25) is 5.91 Å². The third-order valence-electron chi connectivity index (χ3n) is 6.09. The molecule has 29 heavy (non-hydrogen) atoms. The quantitative estimate of drug-likeness (QED) is 0.742. The number of anilines is 1. The Morgan fingerprint density at radius 3 is 2.34 bits per heavy atom. The Bertz CT molecular complexity index is 852. The van der Waals surface area contributed by atoms with Crippen LogP contribution in [0.5, 0.6) is 0 Å². The number of amides is 1. The van der Waals surface area contributed by atoms with Crippen molar-refractivity contribution in [2.24, 2.45) is 5.92 Å². The van der Waals surface area contributed by atoms with Crippen molar-refractivity contribution in [3.05, 3.63) is 41.3 Å². The maximum atomic E-state index is 13.6. The lowest BCUT2D eigenvalue weighted by molar-refractivity contribution is -0.123. The standard InChI is InChI=1S/C23H28N2O3S/c26-22(17-9-5-2-6-10-17)25(18-11-13-24-14-12-18)19-15-20(29-21(19)23(27)28)16-7-3-1-4-8-16/h1,3-4,7-8,15,17-18,24H,2,5-6,9-14H2,(H,27,28). The topological polar surface area (TPSA) is 69.6 Å². The summed E-state index contributed by atoms with van der Waals surface area (Å²) in [5.74, 6) is -0.820. The lowest BCUT2D eigenvalue weighted by atomic mass is 9.87. The van der Waals surface area contributed by atoms with Crippen molar-refractivity contribution in [3.8, 4) is 10.4 Å². The SMILES string of the molecule is O=C(O)c1sc(-c2ccccc2)cc1N(C(=O)C1CCCCC1)C1CCNCC1. The van der Waals surface area contributed by atoms with E-state index < -0.39 is 5.97 Å². The first-order valence-electron chi connectivity index (χ1n) is 10.6. The molecule has 5 nitrogen and oxygen atoms in total. The van der Waals surface area contributed by atoms with E-state index in [1.54, 1.807) is 0 Å². The molecule has 1 amide bonds. The zero-order valence-corrected chi connectivity index (χ0v) is 17.4. The third kappa shape index (κ3) is 4.38. The Balaban J connectivity index is 1.75. The number of aromatic carboxylic acids is 1. The molecule has 0 spiro atoms. The highest BCUT2D eigenvalue weighted by molar-refractivity contribution is 7.18. The van der Waals surface area contributed by atoms with Gasteiger partial charge in [-0.2, -0.15) is 0 Å². The van der Waals surface area contributed by atoms with Gasteiger partial charge in [0.05, 0.1) is 5.69 Å². The molecule has 4 rings (SSSR count). The number of thiophene rings is 1. The van der Waals surface area contributed by atoms with E-state index in [9.17, 15) is 14.7 Å². The van der Waals surface area contributed by atoms with Gasteiger partial charge in [-0.15, -0.1) is 11.3 Å². The Morgan fingerprint density at radius 2 is 1.69 bits per heavy atom. The zero-order valence-electron chi connectivity index (χ0n) is 16.6. The predicted molar refractivity (Wildman–Crippen MR) is 117 cm³/mol. The van der Waals surface area contributed by atoms with Gasteiger partial charge < -0.3 is 15.3 Å². The fourth-order valence-corrected chi connectivity index (χ4v) is 5.56. The van der Waals surface area contributed by atoms with Gasteiger partial charge in [0.1, 0.15) is 4.88 Å². The number of carboxylic acid groups (broad SMARTS) is 1. The normalized spacial score (nSPS) is 18.5. The Hall–Kier alpha value is -2.18. The minimum Gasteiger partial charge on any atom is -0.477 e. The van der Waals surface area contributed by atoms with E-state index in [-0.39, 0.29) is 22.7 Å². The molecule has 0 bridgehead atoms. The van der Waals surface area contributed by atoms with Crippen LogP contribution in [-0.2, 0) is 4.79 Å². The van der Waals surface area contributed by atoms with Gasteiger partial charge in [0.25, 0.3) is 0 Å². The molecule has 1 aliphatic carbocycles. The maximum absolute atomic E-state index is 13.6. The molecule has 1 aromatic heterocycles. The van der Waals surface area contributed by atoms with Crippen LogP contribution < -0.4 is 10.2 Å². The van der Waals surface area contributed by atoms with Crippen LogP contribution in [0.4, 0.5) is 5.69 Å². The molecule has 1 saturated heterocycles. The zero-order chi connectivity index (χ0) is 20.2. The van der Waals surface area contributed by atoms with Crippen LogP contribution in [0.1, 0.15) is 54.6 Å². The van der Waals surface area contributed by atoms with Crippen molar-refractivity contribution in [3.63, 3.8) is 0 Å². The van der Waals surface area contributed by atoms with Gasteiger partial charge in [-0.1, -0.05) is 49.6 Å². The summed E-state index contributed by atoms with van der Waals surface area (Å²) in [6, 6.07) is 11.8. The second-order valence-electron chi connectivity index (χ2n) is 8.02. The van der Waals surface area contributed by atoms with Gasteiger partial charge >= 0.3 is 5.97 Å². The second-order valence-corrected chi connectivity index (χ2v) is 9.07. The van der Waals surface area contributed by atoms with Crippen LogP contribution in [0, 0.1) is 5.92 Å². The van der Waals surface area contributed by atoms with E-state index in [0.717, 1.165) is 62.1 Å². The molecule has 1 aliphatic heterocycles. The number of piperidine rings is 1. The van der Waals surface area contributed by atoms with E-state index in [0.29, 0.717) is 5.69 Å². The molecule has 1 saturated carbocycles. The highest BCUT2D eigenvalue weighted by Crippen LogP contribution is 2.40. The van der Waals surface area contributed by atoms with Crippen LogP contribution in [0.25, 0.3) is 10.4 Å². The average Bonchev–Trinajstić information content (AvgIpc) is 3.21. The first-order chi connectivity index (χ1) is 14.1. The Labute approximate surface area is 175 Å². The summed E-state index contributed by atoms with van der Waals surface area (Å²) >= 11 is 1.27. The summed E-state index contributed by atoms with van der Waals surface area (Å²) in [6.07, 6.45) is 6.90. The summed E-state index contributed by atoms with van der Waals surface area (Å²) in [5.41, 5.74) is 1.57. The Morgan fingerprint density at radius 1 is 1.00 bits per heavy atom. The summed E-state index contributed by atoms with van der Waals surface area (Å²) < 4.78 is 0. The summed E-state index contributed by atoms with van der Waals surface area (Å²) in [5, 5.41) is 13.3. The molecule has 0 radical (unpaired) electrons. The van der Waals surface area contributed by atoms with Crippen molar-refractivity contribution in [2.75, 3.05) is 18.0 Å². The number of carboxylic acids is 1. The van der Waals surface area contributed by atoms with E-state index in [4.69, 9.17) is 0 Å². The number of hydrogen-bond acceptors (Lipinski definition) is 4. The van der Waals surface area contributed by atoms with E-state index >= 15 is 0 Å². The van der Waals surface area contributed by atoms with Crippen LogP contribution in [-0.4, -0.2) is 36.1 Å². The monoisotopic (exact) mass is 412 g/mol. The van der Waals surface area contributed by atoms with Gasteiger partial charge in [0.15, 0.2) is 0 Å². The third-order valence-corrected chi connectivity index (χ3v) is 7.25. The number of carbonyl (C=O) groups excluding carboxylic acids is 1. The van der Waals surface area contributed by atoms with Crippen molar-refractivity contribution in [1.82, 2.24) is 5.32 Å². The van der Waals surface area contributed by atoms with Crippen molar-refractivity contribution < 1.29 is 14.7 Å². The second kappa shape index (κ2) is 9.09. The molecule has 2 N–H and O–H groups in total. The van der Waals surface area contributed by atoms with Crippen molar-refractivity contribution >= 4 is 28.9 Å². The summed E-state index contributed by atoms with van der Waals surface area (Å²) in [7, 11) is 0. The van der Waals surface area contributed by atoms with Crippen LogP contribution in [0.2, 0.25) is 0 Å². The highest BCUT2D eigenvalue weighted by atomic mass is 32.1. The van der Waals surface area contributed by atoms with Crippen LogP contribution in [0.15, 0.2) is 36.4 Å². The molecule has 0 atom stereocenters. The molecule has 2 heterocycles. The molecule has 154 valence electrons. The lowest BCUT2D eigenvalue weighted by Gasteiger charge is -2.37. The maximum Gasteiger partial charge on any atom is 0.348 e. The summed E-state index contributed by atoms with van der Waals surface area (Å²) in [4.78, 5) is 28.8. The average molecular weight is 413 g/mol. The molecular formula is C23H28N2O3S. The first kappa shape index (κ1) is 20.1. The van der Waals surface area contributed by atoms with Gasteiger partial charge in [-0.25, -0.2) is 4.79 Å². The predicted octanol–water partition coefficient (Wildman–Crippen LogP) is 4.78. The summed E-state index contributed by atoms with van der Waals surface area (Å²) in [6.45, 7) is 1.72. The fraction of sp³-hybridized carbons (Fsp3) is 0.478. The number of carbonyl (C=O) groups is 2. The Kier molecular flexibility index (Phi) is 6.31. The van der Waals surface area contributed by atoms with Crippen molar-refractivity contribution in [1.29, 1.82) is 0 Å². The molecule has 6 heteroatoms. The molecule has 2 aromatic rings. The molecular weight excluding hydrogens is 384 g/mol. The first-order valence-corrected chi connectivity index (χ1v) is 11.4. The lowest BCUT2D eigenvalue weighted by Crippen LogP contribution is -2.49. The minimum absolute atomic E-state index is 0.0142. The van der Waals surface area contributed by atoms with Crippen LogP contribution >= 0.6 is 11.3 Å². The van der Waals surface area contributed by atoms with Crippen LogP contribution in [0.3, 0.4) is 0 Å². The largest absolute Gasteiger partial charge is 0.477 e. The number of hydrogen-bond donors (Lipinski definition) is 2. The molecule has 0 unspecified atom stereocenters. The van der Waals surface area contributed by atoms with E-state index in [2.05, 4.69) is 5.32 Å². The number of nitrogens with zero attached hydrogens (tertiary/aromatic N) is 1.